The Labute approximate surface area is 184 Å². The van der Waals surface area contributed by atoms with Crippen LogP contribution in [0.25, 0.3) is 0 Å². The van der Waals surface area contributed by atoms with Crippen LogP contribution in [0.4, 0.5) is 4.39 Å². The Bertz CT molecular complexity index is 1140. The zero-order chi connectivity index (χ0) is 22.7. The molecule has 3 N–H and O–H groups in total. The number of rotatable bonds is 6. The summed E-state index contributed by atoms with van der Waals surface area (Å²) < 4.78 is 15.9. The van der Waals surface area contributed by atoms with Crippen molar-refractivity contribution >= 4 is 27.8 Å². The number of carbonyl (C=O) groups is 2. The number of halogens is 2. The van der Waals surface area contributed by atoms with Crippen LogP contribution < -0.4 is 16.6 Å². The van der Waals surface area contributed by atoms with E-state index in [9.17, 15) is 28.7 Å². The van der Waals surface area contributed by atoms with Crippen molar-refractivity contribution in [1.29, 1.82) is 0 Å². The number of carboxylic acid groups (broad SMARTS) is 1. The van der Waals surface area contributed by atoms with E-state index in [0.29, 0.717) is 17.3 Å². The van der Waals surface area contributed by atoms with Crippen LogP contribution in [0.5, 0.6) is 5.88 Å². The number of hydrogen-bond acceptors (Lipinski definition) is 5. The number of aliphatic carboxylic acids is 1. The Kier molecular flexibility index (Phi) is 6.94. The van der Waals surface area contributed by atoms with Crippen molar-refractivity contribution in [2.24, 2.45) is 0 Å². The number of nitrogens with zero attached hydrogens (tertiary/aromatic N) is 2. The molecule has 0 saturated heterocycles. The Balaban J connectivity index is 2.18. The molecule has 1 aliphatic rings. The monoisotopic (exact) mass is 497 g/mol. The molecule has 0 spiro atoms. The molecule has 0 radical (unpaired) electrons. The van der Waals surface area contributed by atoms with E-state index >= 15 is 0 Å². The van der Waals surface area contributed by atoms with Crippen molar-refractivity contribution < 1.29 is 24.2 Å². The maximum absolute atomic E-state index is 13.7. The Morgan fingerprint density at radius 3 is 2.52 bits per heavy atom. The zero-order valence-corrected chi connectivity index (χ0v) is 18.0. The fourth-order valence-electron chi connectivity index (χ4n) is 3.74. The topological polar surface area (TPSA) is 131 Å². The number of carbonyl (C=O) groups excluding carboxylic acids is 1. The second-order valence-electron chi connectivity index (χ2n) is 7.35. The van der Waals surface area contributed by atoms with Crippen LogP contribution in [0.3, 0.4) is 0 Å². The number of aromatic hydroxyl groups is 1. The quantitative estimate of drug-likeness (QED) is 0.559. The molecule has 11 heteroatoms. The normalized spacial score (nSPS) is 14.4. The lowest BCUT2D eigenvalue weighted by Crippen LogP contribution is -2.46. The fourth-order valence-corrected chi connectivity index (χ4v) is 4.12. The number of carboxylic acids is 1. The van der Waals surface area contributed by atoms with Gasteiger partial charge in [-0.2, -0.15) is 0 Å². The summed E-state index contributed by atoms with van der Waals surface area (Å²) in [6.07, 6.45) is 3.74. The third kappa shape index (κ3) is 4.87. The first-order chi connectivity index (χ1) is 14.7. The molecule has 0 bridgehead atoms. The highest BCUT2D eigenvalue weighted by Gasteiger charge is 2.29. The average Bonchev–Trinajstić information content (AvgIpc) is 2.73. The lowest BCUT2D eigenvalue weighted by Gasteiger charge is -2.26. The molecule has 1 aliphatic carbocycles. The molecular weight excluding hydrogens is 477 g/mol. The van der Waals surface area contributed by atoms with Gasteiger partial charge in [0.15, 0.2) is 5.56 Å². The van der Waals surface area contributed by atoms with E-state index in [-0.39, 0.29) is 12.1 Å². The lowest BCUT2D eigenvalue weighted by atomic mass is 9.95. The lowest BCUT2D eigenvalue weighted by molar-refractivity contribution is -0.135. The van der Waals surface area contributed by atoms with E-state index in [0.717, 1.165) is 34.5 Å². The molecule has 31 heavy (non-hydrogen) atoms. The Hall–Kier alpha value is -2.95. The highest BCUT2D eigenvalue weighted by molar-refractivity contribution is 9.10. The molecule has 9 nitrogen and oxygen atoms in total. The summed E-state index contributed by atoms with van der Waals surface area (Å²) in [6.45, 7) is -1.11. The number of hydrogen-bond donors (Lipinski definition) is 3. The van der Waals surface area contributed by atoms with Gasteiger partial charge >= 0.3 is 11.7 Å². The van der Waals surface area contributed by atoms with Crippen LogP contribution in [0, 0.1) is 5.82 Å². The first kappa shape index (κ1) is 22.7. The molecule has 0 aliphatic heterocycles. The summed E-state index contributed by atoms with van der Waals surface area (Å²) in [7, 11) is 0. The SMILES string of the molecule is O=C(O)CNC(=O)c1c(O)n(C2CCCCC2)c(=O)n(Cc2cc(F)ccc2Br)c1=O. The number of amides is 1. The first-order valence-corrected chi connectivity index (χ1v) is 10.5. The molecule has 1 aromatic carbocycles. The van der Waals surface area contributed by atoms with E-state index in [4.69, 9.17) is 5.11 Å². The molecule has 2 aromatic rings. The van der Waals surface area contributed by atoms with Gasteiger partial charge in [0.1, 0.15) is 12.4 Å². The summed E-state index contributed by atoms with van der Waals surface area (Å²) in [5, 5.41) is 21.5. The van der Waals surface area contributed by atoms with Crippen molar-refractivity contribution in [2.45, 2.75) is 44.7 Å². The van der Waals surface area contributed by atoms with Crippen LogP contribution in [-0.2, 0) is 11.3 Å². The van der Waals surface area contributed by atoms with E-state index in [1.807, 2.05) is 5.32 Å². The Morgan fingerprint density at radius 2 is 1.87 bits per heavy atom. The van der Waals surface area contributed by atoms with Gasteiger partial charge in [-0.3, -0.25) is 23.5 Å². The van der Waals surface area contributed by atoms with Crippen molar-refractivity contribution in [1.82, 2.24) is 14.5 Å². The largest absolute Gasteiger partial charge is 0.494 e. The van der Waals surface area contributed by atoms with E-state index in [2.05, 4.69) is 15.9 Å². The van der Waals surface area contributed by atoms with Crippen LogP contribution in [0.15, 0.2) is 32.3 Å². The summed E-state index contributed by atoms with van der Waals surface area (Å²) in [4.78, 5) is 49.5. The standard InChI is InChI=1S/C20H21BrFN3O6/c21-14-7-6-12(22)8-11(14)10-24-18(29)16(17(28)23-9-15(26)27)19(30)25(20(24)31)13-4-2-1-3-5-13/h6-8,13,30H,1-5,9-10H2,(H,23,28)(H,26,27). The molecule has 1 amide bonds. The summed E-state index contributed by atoms with van der Waals surface area (Å²) in [5.74, 6) is -3.81. The fraction of sp³-hybridized carbons (Fsp3) is 0.400. The second-order valence-corrected chi connectivity index (χ2v) is 8.20. The molecule has 1 heterocycles. The van der Waals surface area contributed by atoms with Gasteiger partial charge in [-0.1, -0.05) is 35.2 Å². The van der Waals surface area contributed by atoms with E-state index in [1.165, 1.54) is 12.1 Å². The molecule has 1 saturated carbocycles. The molecule has 3 rings (SSSR count). The number of aromatic nitrogens is 2. The predicted molar refractivity (Wildman–Crippen MR) is 112 cm³/mol. The van der Waals surface area contributed by atoms with Gasteiger partial charge < -0.3 is 15.5 Å². The molecule has 1 fully saturated rings. The first-order valence-electron chi connectivity index (χ1n) is 9.73. The minimum atomic E-state index is -1.34. The second kappa shape index (κ2) is 9.46. The number of nitrogens with one attached hydrogen (secondary N) is 1. The van der Waals surface area contributed by atoms with Crippen molar-refractivity contribution in [3.8, 4) is 5.88 Å². The third-order valence-electron chi connectivity index (χ3n) is 5.25. The summed E-state index contributed by atoms with van der Waals surface area (Å²) in [5.41, 5.74) is -2.34. The van der Waals surface area contributed by atoms with Gasteiger partial charge in [-0.05, 0) is 36.6 Å². The average molecular weight is 498 g/mol. The van der Waals surface area contributed by atoms with E-state index in [1.54, 1.807) is 0 Å². The van der Waals surface area contributed by atoms with Gasteiger partial charge in [0.2, 0.25) is 5.88 Å². The Morgan fingerprint density at radius 1 is 1.19 bits per heavy atom. The van der Waals surface area contributed by atoms with Crippen molar-refractivity contribution in [3.05, 3.63) is 60.5 Å². The maximum Gasteiger partial charge on any atom is 0.334 e. The van der Waals surface area contributed by atoms with Crippen LogP contribution >= 0.6 is 15.9 Å². The minimum absolute atomic E-state index is 0.289. The summed E-state index contributed by atoms with van der Waals surface area (Å²) in [6, 6.07) is 3.36. The zero-order valence-electron chi connectivity index (χ0n) is 16.4. The smallest absolute Gasteiger partial charge is 0.334 e. The van der Waals surface area contributed by atoms with Crippen LogP contribution in [0.2, 0.25) is 0 Å². The van der Waals surface area contributed by atoms with E-state index < -0.39 is 53.0 Å². The van der Waals surface area contributed by atoms with Gasteiger partial charge in [0.25, 0.3) is 11.5 Å². The van der Waals surface area contributed by atoms with Crippen LogP contribution in [-0.4, -0.2) is 37.8 Å². The minimum Gasteiger partial charge on any atom is -0.494 e. The molecule has 1 aromatic heterocycles. The van der Waals surface area contributed by atoms with Gasteiger partial charge in [0, 0.05) is 10.5 Å². The van der Waals surface area contributed by atoms with Gasteiger partial charge in [-0.25, -0.2) is 9.18 Å². The molecular formula is C20H21BrFN3O6. The third-order valence-corrected chi connectivity index (χ3v) is 6.02. The molecule has 166 valence electrons. The van der Waals surface area contributed by atoms with Gasteiger partial charge in [0.05, 0.1) is 6.54 Å². The molecule has 0 atom stereocenters. The molecule has 0 unspecified atom stereocenters. The highest BCUT2D eigenvalue weighted by atomic mass is 79.9. The maximum atomic E-state index is 13.7. The van der Waals surface area contributed by atoms with Crippen LogP contribution in [0.1, 0.15) is 54.1 Å². The van der Waals surface area contributed by atoms with Gasteiger partial charge in [-0.15, -0.1) is 0 Å². The summed E-state index contributed by atoms with van der Waals surface area (Å²) >= 11 is 3.25. The van der Waals surface area contributed by atoms with Crippen molar-refractivity contribution in [3.63, 3.8) is 0 Å². The highest BCUT2D eigenvalue weighted by Crippen LogP contribution is 2.30. The number of benzene rings is 1. The predicted octanol–water partition coefficient (Wildman–Crippen LogP) is 1.99. The van der Waals surface area contributed by atoms with Crippen molar-refractivity contribution in [2.75, 3.05) is 6.54 Å².